The second-order valence-corrected chi connectivity index (χ2v) is 8.53. The summed E-state index contributed by atoms with van der Waals surface area (Å²) in [5.41, 5.74) is 2.71. The molecular weight excluding hydrogens is 388 g/mol. The molecule has 0 spiro atoms. The Morgan fingerprint density at radius 2 is 1.89 bits per heavy atom. The fourth-order valence-corrected chi connectivity index (χ4v) is 5.11. The van der Waals surface area contributed by atoms with Crippen LogP contribution in [0, 0.1) is 0 Å². The topological polar surface area (TPSA) is 58.9 Å². The van der Waals surface area contributed by atoms with Crippen LogP contribution in [0.4, 0.5) is 0 Å². The van der Waals surface area contributed by atoms with Crippen LogP contribution in [0.15, 0.2) is 57.7 Å². The van der Waals surface area contributed by atoms with E-state index in [0.29, 0.717) is 4.53 Å². The summed E-state index contributed by atoms with van der Waals surface area (Å²) in [6.07, 6.45) is 4.64. The number of rotatable bonds is 3. The predicted octanol–water partition coefficient (Wildman–Crippen LogP) is 4.01. The van der Waals surface area contributed by atoms with E-state index in [1.54, 1.807) is 11.3 Å². The molecule has 0 unspecified atom stereocenters. The van der Waals surface area contributed by atoms with Gasteiger partial charge >= 0.3 is 0 Å². The second kappa shape index (κ2) is 6.89. The van der Waals surface area contributed by atoms with E-state index in [1.165, 1.54) is 11.3 Å². The molecule has 0 atom stereocenters. The van der Waals surface area contributed by atoms with Gasteiger partial charge in [0, 0.05) is 23.4 Å². The van der Waals surface area contributed by atoms with Gasteiger partial charge in [-0.2, -0.15) is 0 Å². The molecule has 0 radical (unpaired) electrons. The minimum Gasteiger partial charge on any atom is -0.460 e. The molecule has 0 fully saturated rings. The largest absolute Gasteiger partial charge is 0.460 e. The third-order valence-corrected chi connectivity index (χ3v) is 6.50. The zero-order valence-corrected chi connectivity index (χ0v) is 16.7. The number of aromatic amines is 1. The van der Waals surface area contributed by atoms with Crippen molar-refractivity contribution in [1.82, 2.24) is 9.97 Å². The summed E-state index contributed by atoms with van der Waals surface area (Å²) in [6, 6.07) is 16.0. The van der Waals surface area contributed by atoms with Crippen molar-refractivity contribution in [3.63, 3.8) is 0 Å². The molecule has 5 rings (SSSR count). The molecule has 0 aliphatic carbocycles. The second-order valence-electron chi connectivity index (χ2n) is 6.38. The molecule has 0 saturated heterocycles. The van der Waals surface area contributed by atoms with E-state index in [2.05, 4.69) is 23.0 Å². The zero-order chi connectivity index (χ0) is 19.1. The molecule has 28 heavy (non-hydrogen) atoms. The Morgan fingerprint density at radius 1 is 1.07 bits per heavy atom. The van der Waals surface area contributed by atoms with Crippen molar-refractivity contribution in [3.8, 4) is 0 Å². The number of para-hydroxylation sites is 2. The Morgan fingerprint density at radius 3 is 2.75 bits per heavy atom. The number of aryl methyl sites for hydroxylation is 1. The van der Waals surface area contributed by atoms with E-state index in [0.717, 1.165) is 48.6 Å². The maximum absolute atomic E-state index is 12.5. The van der Waals surface area contributed by atoms with Gasteiger partial charge in [0.2, 0.25) is 0 Å². The van der Waals surface area contributed by atoms with Crippen molar-refractivity contribution < 1.29 is 4.42 Å². The maximum atomic E-state index is 12.5. The highest BCUT2D eigenvalue weighted by Gasteiger charge is 2.11. The van der Waals surface area contributed by atoms with Gasteiger partial charge in [-0.25, -0.2) is 4.98 Å². The summed E-state index contributed by atoms with van der Waals surface area (Å²) >= 11 is 3.05. The molecular formula is C22H16N2O2S2. The third-order valence-electron chi connectivity index (χ3n) is 4.55. The van der Waals surface area contributed by atoms with Gasteiger partial charge in [-0.3, -0.25) is 4.79 Å². The first-order valence-electron chi connectivity index (χ1n) is 9.00. The Balaban J connectivity index is 1.65. The number of aromatic nitrogens is 2. The average molecular weight is 405 g/mol. The molecule has 3 heterocycles. The molecule has 5 aromatic rings. The van der Waals surface area contributed by atoms with Gasteiger partial charge in [0.15, 0.2) is 0 Å². The number of nitrogens with zero attached hydrogens (tertiary/aromatic N) is 1. The summed E-state index contributed by atoms with van der Waals surface area (Å²) in [5, 5.41) is 1.91. The fourth-order valence-electron chi connectivity index (χ4n) is 3.26. The standard InChI is InChI=1S/C22H16N2O2S2/c1-2-16-14(13-7-3-5-9-17(13)26-16)11-19-22(25)24-21(28-19)12-20-23-15-8-4-6-10-18(15)27-20/h3-12H,2H2,1H3,(H,24,25)/b19-11-,21-12+. The van der Waals surface area contributed by atoms with Crippen molar-refractivity contribution in [2.45, 2.75) is 13.3 Å². The molecule has 3 aromatic heterocycles. The molecule has 138 valence electrons. The van der Waals surface area contributed by atoms with Crippen LogP contribution in [0.2, 0.25) is 0 Å². The maximum Gasteiger partial charge on any atom is 0.266 e. The minimum absolute atomic E-state index is 0.0929. The van der Waals surface area contributed by atoms with Crippen LogP contribution in [0.25, 0.3) is 33.3 Å². The number of hydrogen-bond donors (Lipinski definition) is 1. The SMILES string of the molecule is CCc1oc2ccccc2c1/C=c1\s/c(=C/c2nc3ccccc3s2)[nH]c1=O. The zero-order valence-electron chi connectivity index (χ0n) is 15.1. The van der Waals surface area contributed by atoms with Gasteiger partial charge in [-0.05, 0) is 24.3 Å². The minimum atomic E-state index is -0.0929. The van der Waals surface area contributed by atoms with Crippen molar-refractivity contribution in [1.29, 1.82) is 0 Å². The van der Waals surface area contributed by atoms with E-state index < -0.39 is 0 Å². The molecule has 0 bridgehead atoms. The van der Waals surface area contributed by atoms with Crippen LogP contribution in [0.5, 0.6) is 0 Å². The van der Waals surface area contributed by atoms with Crippen LogP contribution in [-0.2, 0) is 6.42 Å². The first kappa shape index (κ1) is 17.2. The lowest BCUT2D eigenvalue weighted by atomic mass is 10.1. The number of nitrogens with one attached hydrogen (secondary N) is 1. The highest BCUT2D eigenvalue weighted by atomic mass is 32.1. The highest BCUT2D eigenvalue weighted by Crippen LogP contribution is 2.26. The molecule has 0 amide bonds. The summed E-state index contributed by atoms with van der Waals surface area (Å²) in [4.78, 5) is 20.1. The molecule has 1 N–H and O–H groups in total. The van der Waals surface area contributed by atoms with Gasteiger partial charge in [0.25, 0.3) is 5.56 Å². The first-order chi connectivity index (χ1) is 13.7. The number of thiazole rings is 2. The number of furan rings is 1. The number of hydrogen-bond acceptors (Lipinski definition) is 5. The van der Waals surface area contributed by atoms with Crippen molar-refractivity contribution in [3.05, 3.63) is 84.4 Å². The first-order valence-corrected chi connectivity index (χ1v) is 10.6. The van der Waals surface area contributed by atoms with Crippen molar-refractivity contribution in [2.24, 2.45) is 0 Å². The quantitative estimate of drug-likeness (QED) is 0.494. The summed E-state index contributed by atoms with van der Waals surface area (Å²) in [5.74, 6) is 0.894. The lowest BCUT2D eigenvalue weighted by Crippen LogP contribution is -2.19. The average Bonchev–Trinajstić information content (AvgIpc) is 3.37. The van der Waals surface area contributed by atoms with Gasteiger partial charge in [-0.1, -0.05) is 37.3 Å². The predicted molar refractivity (Wildman–Crippen MR) is 117 cm³/mol. The molecule has 4 nitrogen and oxygen atoms in total. The van der Waals surface area contributed by atoms with Crippen LogP contribution in [0.3, 0.4) is 0 Å². The van der Waals surface area contributed by atoms with Gasteiger partial charge < -0.3 is 9.40 Å². The summed E-state index contributed by atoms with van der Waals surface area (Å²) in [6.45, 7) is 2.06. The van der Waals surface area contributed by atoms with E-state index in [4.69, 9.17) is 4.42 Å². The summed E-state index contributed by atoms with van der Waals surface area (Å²) in [7, 11) is 0. The molecule has 0 aliphatic rings. The number of benzene rings is 2. The van der Waals surface area contributed by atoms with Crippen LogP contribution in [0.1, 0.15) is 23.3 Å². The monoisotopic (exact) mass is 404 g/mol. The Labute approximate surface area is 168 Å². The third kappa shape index (κ3) is 3.00. The van der Waals surface area contributed by atoms with Crippen molar-refractivity contribution in [2.75, 3.05) is 0 Å². The van der Waals surface area contributed by atoms with E-state index in [-0.39, 0.29) is 5.56 Å². The van der Waals surface area contributed by atoms with Crippen LogP contribution >= 0.6 is 22.7 Å². The molecule has 0 aliphatic heterocycles. The van der Waals surface area contributed by atoms with Crippen LogP contribution < -0.4 is 14.8 Å². The van der Waals surface area contributed by atoms with Crippen molar-refractivity contribution >= 4 is 56.0 Å². The Kier molecular flexibility index (Phi) is 4.22. The van der Waals surface area contributed by atoms with E-state index >= 15 is 0 Å². The van der Waals surface area contributed by atoms with Crippen LogP contribution in [-0.4, -0.2) is 9.97 Å². The molecule has 2 aromatic carbocycles. The van der Waals surface area contributed by atoms with Gasteiger partial charge in [-0.15, -0.1) is 22.7 Å². The Hall–Kier alpha value is -2.96. The number of fused-ring (bicyclic) bond motifs is 2. The lowest BCUT2D eigenvalue weighted by Gasteiger charge is -1.91. The summed E-state index contributed by atoms with van der Waals surface area (Å²) < 4.78 is 8.53. The highest BCUT2D eigenvalue weighted by molar-refractivity contribution is 7.19. The normalized spacial score (nSPS) is 13.2. The van der Waals surface area contributed by atoms with E-state index in [1.807, 2.05) is 54.6 Å². The van der Waals surface area contributed by atoms with Gasteiger partial charge in [0.05, 0.1) is 19.4 Å². The molecule has 6 heteroatoms. The molecule has 0 saturated carbocycles. The fraction of sp³-hybridized carbons (Fsp3) is 0.0909. The Bertz CT molecular complexity index is 1450. The number of H-pyrrole nitrogens is 1. The lowest BCUT2D eigenvalue weighted by molar-refractivity contribution is 0.556. The smallest absolute Gasteiger partial charge is 0.266 e. The van der Waals surface area contributed by atoms with E-state index in [9.17, 15) is 4.79 Å². The van der Waals surface area contributed by atoms with Gasteiger partial charge in [0.1, 0.15) is 16.4 Å².